The summed E-state index contributed by atoms with van der Waals surface area (Å²) >= 11 is 0. The largest absolute Gasteiger partial charge is 0.462 e. The average Bonchev–Trinajstić information content (AvgIpc) is 3.15. The van der Waals surface area contributed by atoms with E-state index in [0.717, 1.165) is 69.6 Å². The van der Waals surface area contributed by atoms with E-state index in [9.17, 15) is 14.4 Å². The fourth-order valence-electron chi connectivity index (χ4n) is 7.07. The maximum Gasteiger partial charge on any atom is 0.306 e. The van der Waals surface area contributed by atoms with Crippen LogP contribution in [0.5, 0.6) is 0 Å². The van der Waals surface area contributed by atoms with Crippen molar-refractivity contribution in [2.75, 3.05) is 13.2 Å². The van der Waals surface area contributed by atoms with Crippen LogP contribution < -0.4 is 0 Å². The molecule has 320 valence electrons. The van der Waals surface area contributed by atoms with E-state index in [1.54, 1.807) is 0 Å². The maximum absolute atomic E-state index is 12.7. The summed E-state index contributed by atoms with van der Waals surface area (Å²) in [6.45, 7) is 11.3. The van der Waals surface area contributed by atoms with Gasteiger partial charge in [-0.15, -0.1) is 0 Å². The predicted octanol–water partition coefficient (Wildman–Crippen LogP) is 15.0. The first-order chi connectivity index (χ1) is 26.3. The van der Waals surface area contributed by atoms with Crippen LogP contribution in [0.1, 0.15) is 259 Å². The van der Waals surface area contributed by atoms with Crippen LogP contribution >= 0.6 is 0 Å². The van der Waals surface area contributed by atoms with Crippen molar-refractivity contribution >= 4 is 17.9 Å². The number of carbonyl (C=O) groups is 3. The molecule has 0 radical (unpaired) electrons. The SMILES string of the molecule is CCCCCCCCCCCC(=O)OC[C@H](COC(=O)CCCCCCCCC(C)C)OC(=O)CCCCCCCCCCCCCCCCC(C)CC. The first-order valence-corrected chi connectivity index (χ1v) is 23.8. The molecule has 0 spiro atoms. The van der Waals surface area contributed by atoms with Gasteiger partial charge in [0.2, 0.25) is 0 Å². The lowest BCUT2D eigenvalue weighted by Gasteiger charge is -2.18. The van der Waals surface area contributed by atoms with Crippen molar-refractivity contribution in [2.45, 2.75) is 265 Å². The molecule has 0 bridgehead atoms. The van der Waals surface area contributed by atoms with E-state index < -0.39 is 6.10 Å². The Labute approximate surface area is 336 Å². The molecule has 0 aromatic heterocycles. The van der Waals surface area contributed by atoms with Crippen molar-refractivity contribution in [1.29, 1.82) is 0 Å². The third-order valence-corrected chi connectivity index (χ3v) is 11.1. The molecule has 0 aromatic rings. The van der Waals surface area contributed by atoms with Crippen LogP contribution in [0.15, 0.2) is 0 Å². The molecule has 0 rings (SSSR count). The molecule has 6 nitrogen and oxygen atoms in total. The summed E-state index contributed by atoms with van der Waals surface area (Å²) in [5.74, 6) is 0.796. The molecule has 0 N–H and O–H groups in total. The monoisotopic (exact) mass is 765 g/mol. The van der Waals surface area contributed by atoms with E-state index in [1.807, 2.05) is 0 Å². The zero-order valence-electron chi connectivity index (χ0n) is 36.8. The second-order valence-electron chi connectivity index (χ2n) is 17.1. The van der Waals surface area contributed by atoms with Crippen LogP contribution in [-0.2, 0) is 28.6 Å². The molecule has 0 aliphatic carbocycles. The lowest BCUT2D eigenvalue weighted by atomic mass is 9.99. The van der Waals surface area contributed by atoms with Crippen molar-refractivity contribution in [1.82, 2.24) is 0 Å². The Balaban J connectivity index is 4.24. The van der Waals surface area contributed by atoms with E-state index in [2.05, 4.69) is 34.6 Å². The van der Waals surface area contributed by atoms with Crippen LogP contribution in [0.4, 0.5) is 0 Å². The average molecular weight is 765 g/mol. The minimum absolute atomic E-state index is 0.0654. The molecule has 0 heterocycles. The summed E-state index contributed by atoms with van der Waals surface area (Å²) in [4.78, 5) is 37.7. The van der Waals surface area contributed by atoms with Gasteiger partial charge in [0.15, 0.2) is 6.10 Å². The molecule has 0 amide bonds. The Kier molecular flexibility index (Phi) is 39.8. The van der Waals surface area contributed by atoms with Crippen LogP contribution in [0.2, 0.25) is 0 Å². The maximum atomic E-state index is 12.7. The van der Waals surface area contributed by atoms with Gasteiger partial charge in [0.25, 0.3) is 0 Å². The molecular weight excluding hydrogens is 673 g/mol. The zero-order chi connectivity index (χ0) is 39.7. The minimum Gasteiger partial charge on any atom is -0.462 e. The smallest absolute Gasteiger partial charge is 0.306 e. The second-order valence-corrected chi connectivity index (χ2v) is 17.1. The number of carbonyl (C=O) groups excluding carboxylic acids is 3. The van der Waals surface area contributed by atoms with Crippen LogP contribution in [0, 0.1) is 11.8 Å². The number of hydrogen-bond acceptors (Lipinski definition) is 6. The van der Waals surface area contributed by atoms with Gasteiger partial charge in [-0.1, -0.05) is 221 Å². The van der Waals surface area contributed by atoms with Gasteiger partial charge in [-0.3, -0.25) is 14.4 Å². The van der Waals surface area contributed by atoms with Gasteiger partial charge >= 0.3 is 17.9 Å². The van der Waals surface area contributed by atoms with Gasteiger partial charge < -0.3 is 14.2 Å². The molecule has 0 aliphatic rings. The predicted molar refractivity (Wildman–Crippen MR) is 229 cm³/mol. The van der Waals surface area contributed by atoms with Gasteiger partial charge in [-0.05, 0) is 31.1 Å². The molecule has 0 fully saturated rings. The summed E-state index contributed by atoms with van der Waals surface area (Å²) in [5, 5.41) is 0. The number of unbranched alkanes of at least 4 members (excludes halogenated alkanes) is 26. The van der Waals surface area contributed by atoms with Gasteiger partial charge in [-0.25, -0.2) is 0 Å². The Hall–Kier alpha value is -1.59. The van der Waals surface area contributed by atoms with Gasteiger partial charge in [-0.2, -0.15) is 0 Å². The number of hydrogen-bond donors (Lipinski definition) is 0. The van der Waals surface area contributed by atoms with E-state index in [-0.39, 0.29) is 31.1 Å². The number of esters is 3. The summed E-state index contributed by atoms with van der Waals surface area (Å²) in [6.07, 6.45) is 39.5. The topological polar surface area (TPSA) is 78.9 Å². The molecule has 6 heteroatoms. The Morgan fingerprint density at radius 3 is 1.06 bits per heavy atom. The molecule has 2 atom stereocenters. The lowest BCUT2D eigenvalue weighted by molar-refractivity contribution is -0.167. The van der Waals surface area contributed by atoms with Gasteiger partial charge in [0, 0.05) is 19.3 Å². The zero-order valence-corrected chi connectivity index (χ0v) is 36.8. The standard InChI is InChI=1S/C48H92O6/c1-6-8-9-10-11-18-22-28-33-38-46(49)52-41-45(42-53-47(50)39-34-29-25-24-26-31-36-43(3)4)54-48(51)40-35-30-23-20-17-15-13-12-14-16-19-21-27-32-37-44(5)7-2/h43-45H,6-42H2,1-5H3/t44?,45-/m1/s1. The summed E-state index contributed by atoms with van der Waals surface area (Å²) in [5.41, 5.74) is 0. The molecule has 1 unspecified atom stereocenters. The Morgan fingerprint density at radius 2 is 0.704 bits per heavy atom. The summed E-state index contributed by atoms with van der Waals surface area (Å²) < 4.78 is 16.7. The van der Waals surface area contributed by atoms with Crippen molar-refractivity contribution in [3.63, 3.8) is 0 Å². The quantitative estimate of drug-likeness (QED) is 0.0350. The molecule has 0 saturated carbocycles. The van der Waals surface area contributed by atoms with E-state index in [1.165, 1.54) is 148 Å². The molecule has 0 aromatic carbocycles. The van der Waals surface area contributed by atoms with Crippen molar-refractivity contribution in [3.05, 3.63) is 0 Å². The minimum atomic E-state index is -0.760. The fourth-order valence-corrected chi connectivity index (χ4v) is 7.07. The van der Waals surface area contributed by atoms with Crippen LogP contribution in [0.25, 0.3) is 0 Å². The lowest BCUT2D eigenvalue weighted by Crippen LogP contribution is -2.30. The van der Waals surface area contributed by atoms with Crippen molar-refractivity contribution in [2.24, 2.45) is 11.8 Å². The number of rotatable bonds is 42. The van der Waals surface area contributed by atoms with Crippen molar-refractivity contribution in [3.8, 4) is 0 Å². The number of ether oxygens (including phenoxy) is 3. The van der Waals surface area contributed by atoms with E-state index in [0.29, 0.717) is 19.3 Å². The highest BCUT2D eigenvalue weighted by Crippen LogP contribution is 2.17. The van der Waals surface area contributed by atoms with Crippen LogP contribution in [-0.4, -0.2) is 37.2 Å². The molecule has 54 heavy (non-hydrogen) atoms. The Bertz CT molecular complexity index is 826. The summed E-state index contributed by atoms with van der Waals surface area (Å²) in [7, 11) is 0. The highest BCUT2D eigenvalue weighted by atomic mass is 16.6. The Morgan fingerprint density at radius 1 is 0.389 bits per heavy atom. The summed E-state index contributed by atoms with van der Waals surface area (Å²) in [6, 6.07) is 0. The first-order valence-electron chi connectivity index (χ1n) is 23.8. The first kappa shape index (κ1) is 52.4. The fraction of sp³-hybridized carbons (Fsp3) is 0.938. The van der Waals surface area contributed by atoms with E-state index >= 15 is 0 Å². The van der Waals surface area contributed by atoms with E-state index in [4.69, 9.17) is 14.2 Å². The molecule has 0 saturated heterocycles. The molecule has 0 aliphatic heterocycles. The normalized spacial score (nSPS) is 12.6. The van der Waals surface area contributed by atoms with Crippen LogP contribution in [0.3, 0.4) is 0 Å². The third kappa shape index (κ3) is 40.1. The highest BCUT2D eigenvalue weighted by Gasteiger charge is 2.19. The van der Waals surface area contributed by atoms with Crippen molar-refractivity contribution < 1.29 is 28.6 Å². The third-order valence-electron chi connectivity index (χ3n) is 11.1. The molecular formula is C48H92O6. The highest BCUT2D eigenvalue weighted by molar-refractivity contribution is 5.71. The van der Waals surface area contributed by atoms with Gasteiger partial charge in [0.05, 0.1) is 0 Å². The van der Waals surface area contributed by atoms with Gasteiger partial charge in [0.1, 0.15) is 13.2 Å². The second kappa shape index (κ2) is 41.1.